The monoisotopic (exact) mass is 465 g/mol. The third-order valence-corrected chi connectivity index (χ3v) is 6.62. The van der Waals surface area contributed by atoms with Gasteiger partial charge in [-0.1, -0.05) is 0 Å². The molecule has 33 heavy (non-hydrogen) atoms. The summed E-state index contributed by atoms with van der Waals surface area (Å²) in [6.07, 6.45) is 5.76. The van der Waals surface area contributed by atoms with Gasteiger partial charge < -0.3 is 19.1 Å². The molecule has 10 heteroatoms. The molecule has 2 aromatic heterocycles. The first kappa shape index (κ1) is 21.1. The summed E-state index contributed by atoms with van der Waals surface area (Å²) in [5, 5.41) is 6.00. The number of carbonyl (C=O) groups excluding carboxylic acids is 1. The molecule has 3 N–H and O–H groups in total. The summed E-state index contributed by atoms with van der Waals surface area (Å²) < 4.78 is 32.8. The van der Waals surface area contributed by atoms with Crippen molar-refractivity contribution in [3.05, 3.63) is 67.0 Å². The Morgan fingerprint density at radius 3 is 2.61 bits per heavy atom. The summed E-state index contributed by atoms with van der Waals surface area (Å²) in [6, 6.07) is 15.1. The van der Waals surface area contributed by atoms with Crippen molar-refractivity contribution in [1.82, 2.24) is 14.5 Å². The van der Waals surface area contributed by atoms with Gasteiger partial charge in [0.1, 0.15) is 10.6 Å². The van der Waals surface area contributed by atoms with Crippen molar-refractivity contribution < 1.29 is 17.4 Å². The van der Waals surface area contributed by atoms with Crippen LogP contribution in [0.4, 0.5) is 11.6 Å². The zero-order valence-corrected chi connectivity index (χ0v) is 18.5. The second-order valence-corrected chi connectivity index (χ2v) is 9.48. The van der Waals surface area contributed by atoms with E-state index in [1.54, 1.807) is 24.3 Å². The Bertz CT molecular complexity index is 1370. The topological polar surface area (TPSA) is 118 Å². The lowest BCUT2D eigenvalue weighted by atomic mass is 10.3. The number of benzene rings is 2. The Balaban J connectivity index is 1.23. The van der Waals surface area contributed by atoms with E-state index in [1.165, 1.54) is 18.2 Å². The van der Waals surface area contributed by atoms with Crippen molar-refractivity contribution in [2.75, 3.05) is 17.2 Å². The number of hydrogen-bond donors (Lipinski definition) is 3. The number of nitrogens with one attached hydrogen (secondary N) is 3. The number of anilines is 2. The van der Waals surface area contributed by atoms with Gasteiger partial charge in [-0.15, -0.1) is 0 Å². The third kappa shape index (κ3) is 5.01. The number of carbonyl (C=O) groups is 1. The first-order valence-electron chi connectivity index (χ1n) is 10.7. The van der Waals surface area contributed by atoms with E-state index in [4.69, 9.17) is 4.18 Å². The third-order valence-electron chi connectivity index (χ3n) is 5.36. The maximum atomic E-state index is 12.7. The Kier molecular flexibility index (Phi) is 5.51. The highest BCUT2D eigenvalue weighted by Gasteiger charge is 2.30. The van der Waals surface area contributed by atoms with Crippen LogP contribution in [0.1, 0.15) is 12.8 Å². The van der Waals surface area contributed by atoms with Gasteiger partial charge in [0.05, 0.1) is 11.0 Å². The standard InChI is InChI=1S/C23H23N5O4S/c29-22(16-3-4-16)27-23-25-20-10-7-18(15-21(20)26-23)32-33(30,31)19-8-5-17(6-9-19)24-11-14-28-12-1-2-13-28/h1-2,5-10,12-13,15-16,24H,3-4,11,14H2,(H2,25,26,27,29). The quantitative estimate of drug-likeness (QED) is 0.325. The number of aromatic amines is 1. The van der Waals surface area contributed by atoms with E-state index in [0.717, 1.165) is 25.1 Å². The van der Waals surface area contributed by atoms with Crippen LogP contribution in [0, 0.1) is 5.92 Å². The molecule has 1 amide bonds. The van der Waals surface area contributed by atoms with E-state index in [2.05, 4.69) is 25.2 Å². The highest BCUT2D eigenvalue weighted by atomic mass is 32.2. The number of amides is 1. The minimum Gasteiger partial charge on any atom is -0.383 e. The largest absolute Gasteiger partial charge is 0.383 e. The van der Waals surface area contributed by atoms with Gasteiger partial charge in [-0.2, -0.15) is 8.42 Å². The van der Waals surface area contributed by atoms with Crippen molar-refractivity contribution in [1.29, 1.82) is 0 Å². The van der Waals surface area contributed by atoms with Crippen LogP contribution in [0.25, 0.3) is 11.0 Å². The fourth-order valence-electron chi connectivity index (χ4n) is 3.42. The summed E-state index contributed by atoms with van der Waals surface area (Å²) in [7, 11) is -4.01. The number of imidazole rings is 1. The molecule has 2 aromatic carbocycles. The van der Waals surface area contributed by atoms with Crippen LogP contribution in [-0.4, -0.2) is 35.4 Å². The van der Waals surface area contributed by atoms with E-state index in [0.29, 0.717) is 23.5 Å². The van der Waals surface area contributed by atoms with Gasteiger partial charge in [-0.05, 0) is 61.4 Å². The van der Waals surface area contributed by atoms with Gasteiger partial charge >= 0.3 is 10.1 Å². The number of fused-ring (bicyclic) bond motifs is 1. The number of H-pyrrole nitrogens is 1. The summed E-state index contributed by atoms with van der Waals surface area (Å²) in [5.74, 6) is 0.476. The lowest BCUT2D eigenvalue weighted by Crippen LogP contribution is -2.14. The molecular weight excluding hydrogens is 442 g/mol. The highest BCUT2D eigenvalue weighted by molar-refractivity contribution is 7.87. The maximum Gasteiger partial charge on any atom is 0.339 e. The predicted molar refractivity (Wildman–Crippen MR) is 125 cm³/mol. The first-order chi connectivity index (χ1) is 16.0. The molecule has 1 saturated carbocycles. The second-order valence-electron chi connectivity index (χ2n) is 7.94. The van der Waals surface area contributed by atoms with Gasteiger partial charge in [0, 0.05) is 43.2 Å². The van der Waals surface area contributed by atoms with Crippen molar-refractivity contribution >= 4 is 38.7 Å². The molecule has 0 radical (unpaired) electrons. The van der Waals surface area contributed by atoms with E-state index in [1.807, 2.05) is 24.5 Å². The van der Waals surface area contributed by atoms with E-state index < -0.39 is 10.1 Å². The van der Waals surface area contributed by atoms with Gasteiger partial charge in [0.25, 0.3) is 0 Å². The van der Waals surface area contributed by atoms with Crippen LogP contribution in [0.5, 0.6) is 5.75 Å². The number of nitrogens with zero attached hydrogens (tertiary/aromatic N) is 2. The molecular formula is C23H23N5O4S. The first-order valence-corrected chi connectivity index (χ1v) is 12.1. The Morgan fingerprint density at radius 1 is 1.12 bits per heavy atom. The average molecular weight is 466 g/mol. The molecule has 1 aliphatic carbocycles. The molecule has 0 aliphatic heterocycles. The molecule has 0 spiro atoms. The van der Waals surface area contributed by atoms with Crippen LogP contribution in [0.2, 0.25) is 0 Å². The SMILES string of the molecule is O=C(Nc1nc2cc(OS(=O)(=O)c3ccc(NCCn4cccc4)cc3)ccc2[nH]1)C1CC1. The summed E-state index contributed by atoms with van der Waals surface area (Å²) in [6.45, 7) is 1.52. The van der Waals surface area contributed by atoms with Crippen molar-refractivity contribution in [2.24, 2.45) is 5.92 Å². The molecule has 0 unspecified atom stereocenters. The number of hydrogen-bond acceptors (Lipinski definition) is 6. The fourth-order valence-corrected chi connectivity index (χ4v) is 4.35. The fraction of sp³-hybridized carbons (Fsp3) is 0.217. The Labute approximate surface area is 190 Å². The smallest absolute Gasteiger partial charge is 0.339 e. The van der Waals surface area contributed by atoms with Gasteiger partial charge in [-0.25, -0.2) is 4.98 Å². The predicted octanol–water partition coefficient (Wildman–Crippen LogP) is 3.59. The van der Waals surface area contributed by atoms with Crippen LogP contribution < -0.4 is 14.8 Å². The zero-order valence-electron chi connectivity index (χ0n) is 17.7. The van der Waals surface area contributed by atoms with Crippen LogP contribution in [0.3, 0.4) is 0 Å². The zero-order chi connectivity index (χ0) is 22.8. The number of rotatable bonds is 9. The molecule has 0 saturated heterocycles. The van der Waals surface area contributed by atoms with Crippen molar-refractivity contribution in [3.8, 4) is 5.75 Å². The van der Waals surface area contributed by atoms with Gasteiger partial charge in [0.2, 0.25) is 11.9 Å². The molecule has 0 atom stereocenters. The maximum absolute atomic E-state index is 12.7. The average Bonchev–Trinajstić information content (AvgIpc) is 3.38. The molecule has 5 rings (SSSR count). The summed E-state index contributed by atoms with van der Waals surface area (Å²) in [4.78, 5) is 19.3. The summed E-state index contributed by atoms with van der Waals surface area (Å²) >= 11 is 0. The van der Waals surface area contributed by atoms with Gasteiger partial charge in [-0.3, -0.25) is 10.1 Å². The van der Waals surface area contributed by atoms with E-state index in [9.17, 15) is 13.2 Å². The summed E-state index contributed by atoms with van der Waals surface area (Å²) in [5.41, 5.74) is 1.98. The molecule has 1 fully saturated rings. The number of aromatic nitrogens is 3. The van der Waals surface area contributed by atoms with E-state index in [-0.39, 0.29) is 22.5 Å². The van der Waals surface area contributed by atoms with Gasteiger partial charge in [0.15, 0.2) is 0 Å². The second kappa shape index (κ2) is 8.62. The molecule has 1 aliphatic rings. The molecule has 4 aromatic rings. The van der Waals surface area contributed by atoms with Crippen molar-refractivity contribution in [3.63, 3.8) is 0 Å². The lowest BCUT2D eigenvalue weighted by Gasteiger charge is -2.10. The normalized spacial score (nSPS) is 13.7. The Morgan fingerprint density at radius 2 is 1.88 bits per heavy atom. The minimum absolute atomic E-state index is 0.0537. The lowest BCUT2D eigenvalue weighted by molar-refractivity contribution is -0.117. The van der Waals surface area contributed by atoms with E-state index >= 15 is 0 Å². The molecule has 2 heterocycles. The molecule has 9 nitrogen and oxygen atoms in total. The van der Waals surface area contributed by atoms with Crippen LogP contribution in [-0.2, 0) is 21.5 Å². The molecule has 170 valence electrons. The molecule has 0 bridgehead atoms. The minimum atomic E-state index is -4.01. The van der Waals surface area contributed by atoms with Crippen LogP contribution >= 0.6 is 0 Å². The Hall–Kier alpha value is -3.79. The van der Waals surface area contributed by atoms with Crippen molar-refractivity contribution in [2.45, 2.75) is 24.3 Å². The highest BCUT2D eigenvalue weighted by Crippen LogP contribution is 2.30. The van der Waals surface area contributed by atoms with Crippen LogP contribution in [0.15, 0.2) is 71.9 Å².